The van der Waals surface area contributed by atoms with Crippen LogP contribution in [0.5, 0.6) is 0 Å². The Kier molecular flexibility index (Phi) is 10.2. The SMILES string of the molecule is CN[C@H]1C(C2[C@H](O[C@H]3[C@H](O)[C@H](O)[C@H](N=C(N)N)[C@H](O)[C@H]3N=C(N)N)O[C@@H](CO)C2(O)C=O)O[C@H](CO)[C@H](O)[C@H]1O. The number of hydrogen-bond acceptors (Lipinski definition) is 15. The van der Waals surface area contributed by atoms with Crippen molar-refractivity contribution in [1.82, 2.24) is 5.32 Å². The second-order valence-electron chi connectivity index (χ2n) is 9.99. The highest BCUT2D eigenvalue weighted by atomic mass is 16.7. The molecule has 3 aliphatic rings. The van der Waals surface area contributed by atoms with Crippen LogP contribution in [0.4, 0.5) is 0 Å². The summed E-state index contributed by atoms with van der Waals surface area (Å²) in [6.45, 7) is -1.66. The van der Waals surface area contributed by atoms with E-state index in [1.807, 2.05) is 0 Å². The van der Waals surface area contributed by atoms with E-state index in [-0.39, 0.29) is 6.29 Å². The largest absolute Gasteiger partial charge is 0.394 e. The van der Waals surface area contributed by atoms with E-state index in [2.05, 4.69) is 15.3 Å². The molecule has 19 heteroatoms. The summed E-state index contributed by atoms with van der Waals surface area (Å²) in [7, 11) is 1.39. The first-order valence-corrected chi connectivity index (χ1v) is 12.4. The summed E-state index contributed by atoms with van der Waals surface area (Å²) in [6.07, 6.45) is -16.4. The molecule has 15 atom stereocenters. The summed E-state index contributed by atoms with van der Waals surface area (Å²) in [5, 5.41) is 87.4. The molecule has 2 heterocycles. The van der Waals surface area contributed by atoms with Gasteiger partial charge in [-0.2, -0.15) is 0 Å². The van der Waals surface area contributed by atoms with Crippen molar-refractivity contribution in [2.24, 2.45) is 38.8 Å². The van der Waals surface area contributed by atoms with Crippen molar-refractivity contribution < 1.29 is 59.9 Å². The Bertz CT molecular complexity index is 940. The zero-order valence-electron chi connectivity index (χ0n) is 21.5. The van der Waals surface area contributed by atoms with Crippen LogP contribution >= 0.6 is 0 Å². The fourth-order valence-electron chi connectivity index (χ4n) is 5.61. The van der Waals surface area contributed by atoms with Crippen molar-refractivity contribution in [1.29, 1.82) is 0 Å². The van der Waals surface area contributed by atoms with Crippen LogP contribution in [0.1, 0.15) is 0 Å². The standard InChI is InChI=1S/C21H39N7O12/c1-26-9-14(35)11(32)5(2-29)38-16(9)7-18(39-6(3-30)21(7,37)4-31)40-17-10(28-20(24)25)12(33)8(27-19(22)23)13(34)15(17)36/h4-18,26,29-30,32-37H,2-3H2,1H3,(H4,22,23,27)(H4,24,25,28)/t5-,6+,7?,8-,9-,10-,11+,12+,13-,14+,15-,16?,17-,18+,21?/m1/s1. The van der Waals surface area contributed by atoms with Gasteiger partial charge in [-0.05, 0) is 7.05 Å². The van der Waals surface area contributed by atoms with Gasteiger partial charge in [-0.3, -0.25) is 0 Å². The third-order valence-corrected chi connectivity index (χ3v) is 7.61. The lowest BCUT2D eigenvalue weighted by atomic mass is 9.76. The van der Waals surface area contributed by atoms with Gasteiger partial charge in [0.1, 0.15) is 60.9 Å². The summed E-state index contributed by atoms with van der Waals surface area (Å²) in [6, 6.07) is -4.22. The minimum absolute atomic E-state index is 0.0760. The second kappa shape index (κ2) is 12.7. The number of likely N-dealkylation sites (N-methyl/N-ethyl adjacent to an activating group) is 1. The lowest BCUT2D eigenvalue weighted by Crippen LogP contribution is -2.69. The van der Waals surface area contributed by atoms with Crippen LogP contribution < -0.4 is 28.3 Å². The van der Waals surface area contributed by atoms with Crippen LogP contribution in [-0.4, -0.2) is 164 Å². The van der Waals surface area contributed by atoms with E-state index in [0.29, 0.717) is 0 Å². The summed E-state index contributed by atoms with van der Waals surface area (Å²) >= 11 is 0. The number of carbonyl (C=O) groups excluding carboxylic acids is 1. The van der Waals surface area contributed by atoms with E-state index in [1.165, 1.54) is 7.05 Å². The number of ether oxygens (including phenoxy) is 3. The lowest BCUT2D eigenvalue weighted by Gasteiger charge is -2.48. The number of nitrogens with zero attached hydrogens (tertiary/aromatic N) is 2. The molecule has 40 heavy (non-hydrogen) atoms. The van der Waals surface area contributed by atoms with E-state index >= 15 is 0 Å². The van der Waals surface area contributed by atoms with Gasteiger partial charge in [0.15, 0.2) is 30.1 Å². The predicted molar refractivity (Wildman–Crippen MR) is 133 cm³/mol. The molecule has 0 amide bonds. The Morgan fingerprint density at radius 1 is 0.900 bits per heavy atom. The predicted octanol–water partition coefficient (Wildman–Crippen LogP) is -8.92. The molecule has 0 bridgehead atoms. The van der Waals surface area contributed by atoms with Gasteiger partial charge >= 0.3 is 0 Å². The number of hydrogen-bond donors (Lipinski definition) is 13. The van der Waals surface area contributed by atoms with E-state index in [9.17, 15) is 45.6 Å². The van der Waals surface area contributed by atoms with E-state index in [4.69, 9.17) is 37.1 Å². The van der Waals surface area contributed by atoms with Crippen molar-refractivity contribution in [3.8, 4) is 0 Å². The molecule has 3 fully saturated rings. The van der Waals surface area contributed by atoms with Gasteiger partial charge < -0.3 is 88.1 Å². The van der Waals surface area contributed by atoms with Crippen LogP contribution in [0.2, 0.25) is 0 Å². The van der Waals surface area contributed by atoms with Crippen LogP contribution in [0.25, 0.3) is 0 Å². The van der Waals surface area contributed by atoms with E-state index < -0.39 is 116 Å². The number of nitrogens with one attached hydrogen (secondary N) is 1. The Morgan fingerprint density at radius 2 is 1.50 bits per heavy atom. The minimum Gasteiger partial charge on any atom is -0.394 e. The number of aldehydes is 1. The first-order valence-electron chi connectivity index (χ1n) is 12.4. The molecule has 230 valence electrons. The van der Waals surface area contributed by atoms with Gasteiger partial charge in [0.25, 0.3) is 0 Å². The van der Waals surface area contributed by atoms with Crippen LogP contribution in [0, 0.1) is 5.92 Å². The van der Waals surface area contributed by atoms with Crippen molar-refractivity contribution >= 4 is 18.2 Å². The minimum atomic E-state index is -2.54. The summed E-state index contributed by atoms with van der Waals surface area (Å²) in [5.41, 5.74) is 19.2. The first kappa shape index (κ1) is 32.2. The fraction of sp³-hybridized carbons (Fsp3) is 0.857. The van der Waals surface area contributed by atoms with Gasteiger partial charge in [-0.1, -0.05) is 0 Å². The average molecular weight is 582 g/mol. The summed E-state index contributed by atoms with van der Waals surface area (Å²) in [4.78, 5) is 19.9. The van der Waals surface area contributed by atoms with Gasteiger partial charge in [-0.25, -0.2) is 9.98 Å². The molecule has 0 radical (unpaired) electrons. The topological polar surface area (TPSA) is 347 Å². The average Bonchev–Trinajstić information content (AvgIpc) is 3.19. The quantitative estimate of drug-likeness (QED) is 0.0682. The molecular weight excluding hydrogens is 542 g/mol. The number of nitrogens with two attached hydrogens (primary N) is 4. The molecule has 1 aliphatic carbocycles. The number of guanidine groups is 2. The fourth-order valence-corrected chi connectivity index (χ4v) is 5.61. The Hall–Kier alpha value is -2.27. The highest BCUT2D eigenvalue weighted by molar-refractivity contribution is 5.76. The maximum atomic E-state index is 12.2. The van der Waals surface area contributed by atoms with Gasteiger partial charge in [0, 0.05) is 0 Å². The summed E-state index contributed by atoms with van der Waals surface area (Å²) < 4.78 is 17.4. The van der Waals surface area contributed by atoms with Gasteiger partial charge in [-0.15, -0.1) is 0 Å². The Balaban J connectivity index is 2.07. The summed E-state index contributed by atoms with van der Waals surface area (Å²) in [5.74, 6) is -2.68. The second-order valence-corrected chi connectivity index (χ2v) is 9.99. The molecule has 2 aliphatic heterocycles. The number of aliphatic hydroxyl groups excluding tert-OH is 7. The third-order valence-electron chi connectivity index (χ3n) is 7.61. The smallest absolute Gasteiger partial charge is 0.186 e. The molecular formula is C21H39N7O12. The van der Waals surface area contributed by atoms with E-state index in [0.717, 1.165) is 0 Å². The highest BCUT2D eigenvalue weighted by Crippen LogP contribution is 2.44. The molecule has 0 spiro atoms. The van der Waals surface area contributed by atoms with Crippen LogP contribution in [0.3, 0.4) is 0 Å². The molecule has 2 saturated heterocycles. The Morgan fingerprint density at radius 3 is 2.00 bits per heavy atom. The maximum absolute atomic E-state index is 12.2. The molecule has 17 N–H and O–H groups in total. The first-order chi connectivity index (χ1) is 18.8. The number of carbonyl (C=O) groups is 1. The normalized spacial score (nSPS) is 47.4. The highest BCUT2D eigenvalue weighted by Gasteiger charge is 2.64. The lowest BCUT2D eigenvalue weighted by molar-refractivity contribution is -0.264. The zero-order chi connectivity index (χ0) is 30.1. The van der Waals surface area contributed by atoms with Crippen molar-refractivity contribution in [2.45, 2.75) is 85.0 Å². The molecule has 0 aromatic rings. The zero-order valence-corrected chi connectivity index (χ0v) is 21.5. The molecule has 1 saturated carbocycles. The van der Waals surface area contributed by atoms with Crippen molar-refractivity contribution in [2.75, 3.05) is 20.3 Å². The molecule has 3 unspecified atom stereocenters. The van der Waals surface area contributed by atoms with Crippen LogP contribution in [-0.2, 0) is 19.0 Å². The molecule has 0 aromatic carbocycles. The maximum Gasteiger partial charge on any atom is 0.186 e. The number of rotatable bonds is 9. The molecule has 3 rings (SSSR count). The number of aliphatic hydroxyl groups is 8. The van der Waals surface area contributed by atoms with E-state index in [1.54, 1.807) is 0 Å². The van der Waals surface area contributed by atoms with Crippen molar-refractivity contribution in [3.05, 3.63) is 0 Å². The van der Waals surface area contributed by atoms with Crippen LogP contribution in [0.15, 0.2) is 9.98 Å². The monoisotopic (exact) mass is 581 g/mol. The third kappa shape index (κ3) is 5.73. The van der Waals surface area contributed by atoms with Gasteiger partial charge in [0.05, 0.1) is 31.3 Å². The Labute approximate surface area is 228 Å². The molecule has 0 aromatic heterocycles. The van der Waals surface area contributed by atoms with Crippen molar-refractivity contribution in [3.63, 3.8) is 0 Å². The van der Waals surface area contributed by atoms with Gasteiger partial charge in [0.2, 0.25) is 0 Å². The molecule has 19 nitrogen and oxygen atoms in total. The number of aliphatic imine (C=N–C) groups is 2.